The van der Waals surface area contributed by atoms with Gasteiger partial charge in [0.15, 0.2) is 0 Å². The summed E-state index contributed by atoms with van der Waals surface area (Å²) >= 11 is 0. The normalized spacial score (nSPS) is 24.3. The zero-order valence-corrected chi connectivity index (χ0v) is 31.1. The number of carbonyl (C=O) groups is 9. The molecule has 4 aliphatic heterocycles. The number of amides is 8. The SMILES string of the molecule is CC(C)[C@H](NC(=O)[C@@H]1CCCN1C(=O)[C@@H]1CCCN1C(=O)[C@H](CCC(N)=O)NC(=O)[C@@H](N)CCC(N)=O)C(=O)N1CCC[C@H]1C(=O)N1CCC[C@H]1C(=O)O. The molecule has 0 radical (unpaired) electrons. The summed E-state index contributed by atoms with van der Waals surface area (Å²) in [6.45, 7) is 4.50. The van der Waals surface area contributed by atoms with Crippen LogP contribution >= 0.6 is 0 Å². The third-order valence-electron chi connectivity index (χ3n) is 10.9. The molecule has 8 amide bonds. The first-order valence-electron chi connectivity index (χ1n) is 18.9. The highest BCUT2D eigenvalue weighted by molar-refractivity contribution is 5.98. The molecule has 300 valence electrons. The van der Waals surface area contributed by atoms with E-state index in [1.807, 2.05) is 0 Å². The second-order valence-corrected chi connectivity index (χ2v) is 15.0. The highest BCUT2D eigenvalue weighted by atomic mass is 16.4. The number of carbonyl (C=O) groups excluding carboxylic acids is 8. The number of nitrogens with one attached hydrogen (secondary N) is 2. The van der Waals surface area contributed by atoms with Gasteiger partial charge in [0.05, 0.1) is 6.04 Å². The van der Waals surface area contributed by atoms with E-state index in [1.165, 1.54) is 19.6 Å². The molecule has 0 saturated carbocycles. The van der Waals surface area contributed by atoms with Crippen molar-refractivity contribution in [3.05, 3.63) is 0 Å². The van der Waals surface area contributed by atoms with E-state index in [1.54, 1.807) is 13.8 Å². The lowest BCUT2D eigenvalue weighted by atomic mass is 10.0. The summed E-state index contributed by atoms with van der Waals surface area (Å²) in [6.07, 6.45) is 2.78. The fourth-order valence-corrected chi connectivity index (χ4v) is 7.94. The van der Waals surface area contributed by atoms with Gasteiger partial charge >= 0.3 is 5.97 Å². The van der Waals surface area contributed by atoms with Gasteiger partial charge in [0.1, 0.15) is 36.3 Å². The van der Waals surface area contributed by atoms with Crippen molar-refractivity contribution in [2.45, 2.75) is 133 Å². The molecule has 7 atom stereocenters. The van der Waals surface area contributed by atoms with Crippen LogP contribution in [0.1, 0.15) is 90.9 Å². The lowest BCUT2D eigenvalue weighted by molar-refractivity contribution is -0.152. The molecular weight excluding hydrogens is 706 g/mol. The van der Waals surface area contributed by atoms with Gasteiger partial charge in [-0.25, -0.2) is 4.79 Å². The molecule has 0 unspecified atom stereocenters. The molecular formula is C35H55N9O10. The third-order valence-corrected chi connectivity index (χ3v) is 10.9. The fourth-order valence-electron chi connectivity index (χ4n) is 7.94. The average molecular weight is 762 g/mol. The van der Waals surface area contributed by atoms with E-state index < -0.39 is 95.5 Å². The molecule has 4 rings (SSSR count). The molecule has 0 spiro atoms. The maximum atomic E-state index is 14.1. The van der Waals surface area contributed by atoms with Crippen LogP contribution in [0.2, 0.25) is 0 Å². The summed E-state index contributed by atoms with van der Waals surface area (Å²) < 4.78 is 0. The Labute approximate surface area is 314 Å². The predicted molar refractivity (Wildman–Crippen MR) is 190 cm³/mol. The molecule has 4 saturated heterocycles. The van der Waals surface area contributed by atoms with Gasteiger partial charge in [0.2, 0.25) is 47.3 Å². The Morgan fingerprint density at radius 2 is 1.07 bits per heavy atom. The fraction of sp³-hybridized carbons (Fsp3) is 0.743. The molecule has 0 aromatic heterocycles. The van der Waals surface area contributed by atoms with Gasteiger partial charge in [-0.2, -0.15) is 0 Å². The minimum absolute atomic E-state index is 0.0625. The highest BCUT2D eigenvalue weighted by Crippen LogP contribution is 2.28. The Kier molecular flexibility index (Phi) is 14.4. The minimum Gasteiger partial charge on any atom is -0.480 e. The van der Waals surface area contributed by atoms with Gasteiger partial charge in [-0.1, -0.05) is 13.8 Å². The summed E-state index contributed by atoms with van der Waals surface area (Å²) in [4.78, 5) is 122. The van der Waals surface area contributed by atoms with Crippen LogP contribution in [0.15, 0.2) is 0 Å². The molecule has 0 aromatic carbocycles. The lowest BCUT2D eigenvalue weighted by Gasteiger charge is -2.35. The maximum Gasteiger partial charge on any atom is 0.326 e. The topological polar surface area (TPSA) is 289 Å². The van der Waals surface area contributed by atoms with Crippen LogP contribution in [0.3, 0.4) is 0 Å². The largest absolute Gasteiger partial charge is 0.480 e. The summed E-state index contributed by atoms with van der Waals surface area (Å²) in [5.74, 6) is -6.07. The number of hydrogen-bond donors (Lipinski definition) is 6. The maximum absolute atomic E-state index is 14.1. The predicted octanol–water partition coefficient (Wildman–Crippen LogP) is -2.48. The summed E-state index contributed by atoms with van der Waals surface area (Å²) in [5.41, 5.74) is 16.4. The van der Waals surface area contributed by atoms with E-state index in [0.717, 1.165) is 0 Å². The molecule has 0 bridgehead atoms. The van der Waals surface area contributed by atoms with Gasteiger partial charge in [-0.3, -0.25) is 38.4 Å². The van der Waals surface area contributed by atoms with Crippen LogP contribution < -0.4 is 27.8 Å². The first-order chi connectivity index (χ1) is 25.5. The van der Waals surface area contributed by atoms with Crippen molar-refractivity contribution in [2.24, 2.45) is 23.1 Å². The molecule has 4 heterocycles. The Morgan fingerprint density at radius 3 is 1.57 bits per heavy atom. The molecule has 9 N–H and O–H groups in total. The van der Waals surface area contributed by atoms with Crippen molar-refractivity contribution in [3.8, 4) is 0 Å². The van der Waals surface area contributed by atoms with Gasteiger partial charge in [-0.05, 0) is 70.1 Å². The third kappa shape index (κ3) is 9.83. The molecule has 4 aliphatic rings. The van der Waals surface area contributed by atoms with Crippen LogP contribution in [0, 0.1) is 5.92 Å². The van der Waals surface area contributed by atoms with Crippen molar-refractivity contribution in [3.63, 3.8) is 0 Å². The van der Waals surface area contributed by atoms with Crippen LogP contribution in [0.5, 0.6) is 0 Å². The Morgan fingerprint density at radius 1 is 0.630 bits per heavy atom. The number of nitrogens with zero attached hydrogens (tertiary/aromatic N) is 4. The quantitative estimate of drug-likeness (QED) is 0.0957. The summed E-state index contributed by atoms with van der Waals surface area (Å²) in [6, 6.07) is -7.09. The number of primary amides is 2. The first kappa shape index (κ1) is 41.9. The zero-order chi connectivity index (χ0) is 39.9. The second-order valence-electron chi connectivity index (χ2n) is 15.0. The van der Waals surface area contributed by atoms with Crippen molar-refractivity contribution >= 4 is 53.2 Å². The number of likely N-dealkylation sites (tertiary alicyclic amines) is 4. The Bertz CT molecular complexity index is 1490. The molecule has 0 aromatic rings. The van der Waals surface area contributed by atoms with E-state index >= 15 is 0 Å². The zero-order valence-electron chi connectivity index (χ0n) is 31.1. The minimum atomic E-state index is -1.24. The van der Waals surface area contributed by atoms with Gasteiger partial charge < -0.3 is 52.5 Å². The van der Waals surface area contributed by atoms with Gasteiger partial charge in [-0.15, -0.1) is 0 Å². The average Bonchev–Trinajstić information content (AvgIpc) is 3.96. The van der Waals surface area contributed by atoms with Gasteiger partial charge in [0, 0.05) is 39.0 Å². The van der Waals surface area contributed by atoms with Crippen molar-refractivity contribution < 1.29 is 48.3 Å². The van der Waals surface area contributed by atoms with Gasteiger partial charge in [0.25, 0.3) is 0 Å². The number of hydrogen-bond acceptors (Lipinski definition) is 10. The van der Waals surface area contributed by atoms with Crippen LogP contribution in [0.4, 0.5) is 0 Å². The molecule has 0 aliphatic carbocycles. The second kappa shape index (κ2) is 18.5. The molecule has 54 heavy (non-hydrogen) atoms. The molecule has 4 fully saturated rings. The summed E-state index contributed by atoms with van der Waals surface area (Å²) in [7, 11) is 0. The van der Waals surface area contributed by atoms with E-state index in [2.05, 4.69) is 10.6 Å². The number of aliphatic carboxylic acids is 1. The van der Waals surface area contributed by atoms with Crippen LogP contribution in [0.25, 0.3) is 0 Å². The Balaban J connectivity index is 1.44. The summed E-state index contributed by atoms with van der Waals surface area (Å²) in [5, 5.41) is 15.0. The number of nitrogens with two attached hydrogens (primary N) is 3. The highest BCUT2D eigenvalue weighted by Gasteiger charge is 2.47. The Hall–Kier alpha value is -4.81. The number of carboxylic acids is 1. The lowest BCUT2D eigenvalue weighted by Crippen LogP contribution is -2.60. The standard InChI is InChI=1S/C35H55N9O10/c1-19(2)28(34(52)43-17-5-9-24(43)33(51)44-18-6-10-25(44)35(53)54)40-30(48)22-7-3-15-41(22)32(50)23-8-4-16-42(23)31(49)21(12-14-27(38)46)39-29(47)20(36)11-13-26(37)45/h19-25,28H,3-18,36H2,1-2H3,(H2,37,45)(H2,38,46)(H,39,47)(H,40,48)(H,53,54)/t20-,21-,22-,23-,24-,25-,28-/m0/s1. The van der Waals surface area contributed by atoms with E-state index in [9.17, 15) is 48.3 Å². The van der Waals surface area contributed by atoms with E-state index in [-0.39, 0.29) is 51.2 Å². The van der Waals surface area contributed by atoms with E-state index in [0.29, 0.717) is 57.9 Å². The molecule has 19 heteroatoms. The van der Waals surface area contributed by atoms with E-state index in [4.69, 9.17) is 17.2 Å². The monoisotopic (exact) mass is 761 g/mol. The van der Waals surface area contributed by atoms with Crippen LogP contribution in [-0.2, 0) is 43.2 Å². The van der Waals surface area contributed by atoms with Crippen molar-refractivity contribution in [1.82, 2.24) is 30.2 Å². The number of rotatable bonds is 16. The van der Waals surface area contributed by atoms with Crippen molar-refractivity contribution in [1.29, 1.82) is 0 Å². The van der Waals surface area contributed by atoms with Crippen LogP contribution in [-0.4, -0.2) is 146 Å². The first-order valence-corrected chi connectivity index (χ1v) is 18.9. The van der Waals surface area contributed by atoms with Crippen molar-refractivity contribution in [2.75, 3.05) is 26.2 Å². The molecule has 19 nitrogen and oxygen atoms in total. The smallest absolute Gasteiger partial charge is 0.326 e. The number of carboxylic acid groups (broad SMARTS) is 1.